The van der Waals surface area contributed by atoms with Crippen molar-refractivity contribution in [2.45, 2.75) is 26.7 Å². The fourth-order valence-corrected chi connectivity index (χ4v) is 1.92. The highest BCUT2D eigenvalue weighted by molar-refractivity contribution is 7.99. The summed E-state index contributed by atoms with van der Waals surface area (Å²) in [5, 5.41) is 10.1. The van der Waals surface area contributed by atoms with Crippen LogP contribution in [-0.4, -0.2) is 18.1 Å². The van der Waals surface area contributed by atoms with Crippen LogP contribution >= 0.6 is 11.8 Å². The molecule has 0 amide bonds. The summed E-state index contributed by atoms with van der Waals surface area (Å²) in [7, 11) is 0. The smallest absolute Gasteiger partial charge is 0.0912 e. The normalized spacial score (nSPS) is 10.8. The van der Waals surface area contributed by atoms with E-state index < -0.39 is 0 Å². The maximum Gasteiger partial charge on any atom is 0.0912 e. The summed E-state index contributed by atoms with van der Waals surface area (Å²) in [6.45, 7) is 4.50. The minimum absolute atomic E-state index is 0.0742. The molecule has 0 spiro atoms. The second-order valence-corrected chi connectivity index (χ2v) is 3.61. The Balaban J connectivity index is 3.09. The van der Waals surface area contributed by atoms with Crippen LogP contribution in [0, 0.1) is 5.92 Å². The topological polar surface area (TPSA) is 19.9 Å². The summed E-state index contributed by atoms with van der Waals surface area (Å²) < 4.78 is 0. The van der Waals surface area contributed by atoms with E-state index in [0.717, 1.165) is 11.7 Å². The van der Waals surface area contributed by atoms with Crippen LogP contribution in [0.1, 0.15) is 26.7 Å². The lowest BCUT2D eigenvalue weighted by molar-refractivity contribution is 0.215. The van der Waals surface area contributed by atoms with Gasteiger partial charge >= 0.3 is 0 Å². The molecule has 0 saturated heterocycles. The monoisotopic (exact) mass is 161 g/mol. The molecule has 0 aliphatic carbocycles. The van der Waals surface area contributed by atoms with Gasteiger partial charge in [-0.2, -0.15) is 11.8 Å². The molecule has 0 N–H and O–H groups in total. The number of hydrogen-bond donors (Lipinski definition) is 0. The predicted octanol–water partition coefficient (Wildman–Crippen LogP) is 2.59. The number of rotatable bonds is 6. The molecular weight excluding hydrogens is 144 g/mol. The van der Waals surface area contributed by atoms with Gasteiger partial charge in [-0.05, 0) is 11.7 Å². The van der Waals surface area contributed by atoms with Crippen molar-refractivity contribution in [1.29, 1.82) is 0 Å². The van der Waals surface area contributed by atoms with Gasteiger partial charge in [-0.15, -0.1) is 0 Å². The Morgan fingerprint density at radius 1 is 1.30 bits per heavy atom. The molecule has 0 aromatic heterocycles. The van der Waals surface area contributed by atoms with Crippen LogP contribution in [0.25, 0.3) is 0 Å². The fourth-order valence-electron chi connectivity index (χ4n) is 0.833. The van der Waals surface area contributed by atoms with E-state index in [1.165, 1.54) is 18.6 Å². The number of thioether (sulfide) groups is 1. The van der Waals surface area contributed by atoms with Gasteiger partial charge in [-0.1, -0.05) is 26.7 Å². The predicted molar refractivity (Wildman–Crippen MR) is 47.0 cm³/mol. The van der Waals surface area contributed by atoms with Crippen LogP contribution in [0.3, 0.4) is 0 Å². The fraction of sp³-hybridized carbons (Fsp3) is 1.00. The Labute approximate surface area is 68.2 Å². The van der Waals surface area contributed by atoms with Gasteiger partial charge < -0.3 is 0 Å². The summed E-state index contributed by atoms with van der Waals surface area (Å²) in [5.74, 6) is 2.79. The van der Waals surface area contributed by atoms with Crippen LogP contribution < -0.4 is 0 Å². The molecule has 0 saturated carbocycles. The third kappa shape index (κ3) is 5.12. The van der Waals surface area contributed by atoms with Gasteiger partial charge in [-0.3, -0.25) is 0 Å². The average molecular weight is 161 g/mol. The molecule has 0 aliphatic heterocycles. The van der Waals surface area contributed by atoms with Crippen LogP contribution in [0.2, 0.25) is 0 Å². The molecule has 0 aliphatic rings. The molecule has 0 aromatic rings. The first-order valence-electron chi connectivity index (χ1n) is 4.00. The molecule has 0 atom stereocenters. The maximum atomic E-state index is 10.1. The van der Waals surface area contributed by atoms with Gasteiger partial charge in [0, 0.05) is 5.75 Å². The molecule has 0 rings (SSSR count). The molecular formula is C8H17OS. The first kappa shape index (κ1) is 10.3. The molecule has 0 bridgehead atoms. The van der Waals surface area contributed by atoms with E-state index in [-0.39, 0.29) is 6.61 Å². The van der Waals surface area contributed by atoms with Gasteiger partial charge in [-0.25, -0.2) is 5.11 Å². The van der Waals surface area contributed by atoms with Gasteiger partial charge in [0.05, 0.1) is 6.61 Å². The van der Waals surface area contributed by atoms with Crippen molar-refractivity contribution in [2.75, 3.05) is 18.1 Å². The Kier molecular flexibility index (Phi) is 7.65. The van der Waals surface area contributed by atoms with Crippen molar-refractivity contribution in [1.82, 2.24) is 0 Å². The largest absolute Gasteiger partial charge is 0.236 e. The van der Waals surface area contributed by atoms with E-state index in [0.29, 0.717) is 0 Å². The van der Waals surface area contributed by atoms with E-state index in [9.17, 15) is 5.11 Å². The first-order chi connectivity index (χ1) is 4.85. The van der Waals surface area contributed by atoms with Crippen molar-refractivity contribution >= 4 is 11.8 Å². The Morgan fingerprint density at radius 2 is 1.90 bits per heavy atom. The van der Waals surface area contributed by atoms with E-state index in [2.05, 4.69) is 13.8 Å². The maximum absolute atomic E-state index is 10.1. The summed E-state index contributed by atoms with van der Waals surface area (Å²) in [6.07, 6.45) is 2.50. The molecule has 0 unspecified atom stereocenters. The Bertz CT molecular complexity index is 62.3. The highest BCUT2D eigenvalue weighted by Gasteiger charge is 2.01. The third-order valence-corrected chi connectivity index (χ3v) is 2.90. The van der Waals surface area contributed by atoms with Crippen molar-refractivity contribution in [3.8, 4) is 0 Å². The third-order valence-electron chi connectivity index (χ3n) is 1.74. The molecule has 61 valence electrons. The second-order valence-electron chi connectivity index (χ2n) is 2.46. The lowest BCUT2D eigenvalue weighted by atomic mass is 10.1. The molecule has 1 radical (unpaired) electrons. The van der Waals surface area contributed by atoms with E-state index in [4.69, 9.17) is 0 Å². The summed E-state index contributed by atoms with van der Waals surface area (Å²) in [6, 6.07) is 0. The van der Waals surface area contributed by atoms with Crippen molar-refractivity contribution in [2.24, 2.45) is 5.92 Å². The molecule has 2 heteroatoms. The zero-order valence-electron chi connectivity index (χ0n) is 6.93. The molecule has 1 nitrogen and oxygen atoms in total. The summed E-state index contributed by atoms with van der Waals surface area (Å²) >= 11 is 1.80. The Morgan fingerprint density at radius 3 is 2.30 bits per heavy atom. The van der Waals surface area contributed by atoms with E-state index >= 15 is 0 Å². The highest BCUT2D eigenvalue weighted by atomic mass is 32.2. The summed E-state index contributed by atoms with van der Waals surface area (Å²) in [4.78, 5) is 0. The van der Waals surface area contributed by atoms with Crippen LogP contribution in [0.5, 0.6) is 0 Å². The lowest BCUT2D eigenvalue weighted by Crippen LogP contribution is -2.01. The summed E-state index contributed by atoms with van der Waals surface area (Å²) in [5.41, 5.74) is 0. The lowest BCUT2D eigenvalue weighted by Gasteiger charge is -2.09. The molecule has 10 heavy (non-hydrogen) atoms. The standard InChI is InChI=1S/C8H17OS/c1-3-8(4-2)7-10-6-5-9/h8H,3-7H2,1-2H3. The van der Waals surface area contributed by atoms with E-state index in [1.807, 2.05) is 0 Å². The van der Waals surface area contributed by atoms with Crippen LogP contribution in [-0.2, 0) is 5.11 Å². The first-order valence-corrected chi connectivity index (χ1v) is 5.16. The minimum atomic E-state index is 0.0742. The van der Waals surface area contributed by atoms with Crippen LogP contribution in [0.4, 0.5) is 0 Å². The van der Waals surface area contributed by atoms with E-state index in [1.54, 1.807) is 11.8 Å². The number of hydrogen-bond acceptors (Lipinski definition) is 1. The second kappa shape index (κ2) is 7.42. The molecule has 0 heterocycles. The molecule has 0 fully saturated rings. The van der Waals surface area contributed by atoms with Crippen molar-refractivity contribution in [3.05, 3.63) is 0 Å². The van der Waals surface area contributed by atoms with Gasteiger partial charge in [0.2, 0.25) is 0 Å². The average Bonchev–Trinajstić information content (AvgIpc) is 1.99. The van der Waals surface area contributed by atoms with Gasteiger partial charge in [0.25, 0.3) is 0 Å². The van der Waals surface area contributed by atoms with Gasteiger partial charge in [0.1, 0.15) is 0 Å². The van der Waals surface area contributed by atoms with Crippen molar-refractivity contribution in [3.63, 3.8) is 0 Å². The zero-order chi connectivity index (χ0) is 7.82. The highest BCUT2D eigenvalue weighted by Crippen LogP contribution is 2.14. The SMILES string of the molecule is CCC(CC)CSCC[O]. The minimum Gasteiger partial charge on any atom is -0.236 e. The molecule has 0 aromatic carbocycles. The van der Waals surface area contributed by atoms with Crippen molar-refractivity contribution < 1.29 is 5.11 Å². The van der Waals surface area contributed by atoms with Gasteiger partial charge in [0.15, 0.2) is 0 Å². The Hall–Kier alpha value is 0.310. The quantitative estimate of drug-likeness (QED) is 0.548. The van der Waals surface area contributed by atoms with Crippen LogP contribution in [0.15, 0.2) is 0 Å². The zero-order valence-corrected chi connectivity index (χ0v) is 7.75.